The van der Waals surface area contributed by atoms with Crippen LogP contribution in [0, 0.1) is 17.0 Å². The Labute approximate surface area is 329 Å². The molecule has 56 heavy (non-hydrogen) atoms. The van der Waals surface area contributed by atoms with E-state index in [-0.39, 0.29) is 52.4 Å². The number of anilines is 1. The Hall–Kier alpha value is -5.33. The van der Waals surface area contributed by atoms with Crippen molar-refractivity contribution in [3.05, 3.63) is 94.6 Å². The lowest BCUT2D eigenvalue weighted by Gasteiger charge is -2.31. The predicted molar refractivity (Wildman–Crippen MR) is 213 cm³/mol. The molecule has 0 saturated carbocycles. The van der Waals surface area contributed by atoms with E-state index in [0.29, 0.717) is 18.8 Å². The number of amides is 3. The van der Waals surface area contributed by atoms with Crippen LogP contribution in [-0.4, -0.2) is 52.7 Å². The molecule has 3 aromatic rings. The maximum absolute atomic E-state index is 15.3. The molecule has 2 N–H and O–H groups in total. The van der Waals surface area contributed by atoms with E-state index in [0.717, 1.165) is 23.3 Å². The lowest BCUT2D eigenvalue weighted by atomic mass is 9.86. The second-order valence-corrected chi connectivity index (χ2v) is 17.8. The fourth-order valence-corrected chi connectivity index (χ4v) is 5.28. The summed E-state index contributed by atoms with van der Waals surface area (Å²) < 4.78 is 46.3. The van der Waals surface area contributed by atoms with Crippen molar-refractivity contribution in [2.24, 2.45) is 10.4 Å². The number of esters is 1. The largest absolute Gasteiger partial charge is 0.444 e. The zero-order valence-electron chi connectivity index (χ0n) is 34.6. The summed E-state index contributed by atoms with van der Waals surface area (Å²) in [5, 5.41) is 5.13. The van der Waals surface area contributed by atoms with Gasteiger partial charge in [-0.25, -0.2) is 23.2 Å². The lowest BCUT2D eigenvalue weighted by Crippen LogP contribution is -2.40. The number of rotatable bonds is 9. The second-order valence-electron chi connectivity index (χ2n) is 17.8. The topological polar surface area (TPSA) is 136 Å². The molecule has 0 saturated heterocycles. The number of carbonyl (C=O) groups is 4. The first-order chi connectivity index (χ1) is 25.7. The van der Waals surface area contributed by atoms with Gasteiger partial charge in [-0.3, -0.25) is 10.1 Å². The first-order valence-electron chi connectivity index (χ1n) is 18.4. The molecule has 0 aliphatic carbocycles. The maximum atomic E-state index is 15.3. The number of aliphatic imine (C=N–C) groups is 1. The Kier molecular flexibility index (Phi) is 14.5. The molecule has 0 fully saturated rings. The van der Waals surface area contributed by atoms with E-state index < -0.39 is 41.0 Å². The van der Waals surface area contributed by atoms with Crippen LogP contribution in [0.5, 0.6) is 5.75 Å². The summed E-state index contributed by atoms with van der Waals surface area (Å²) in [5.41, 5.74) is 0.192. The quantitative estimate of drug-likeness (QED) is 0.0949. The minimum atomic E-state index is -0.978. The van der Waals surface area contributed by atoms with Gasteiger partial charge in [0.1, 0.15) is 28.6 Å². The molecule has 0 heterocycles. The number of nitrogens with one attached hydrogen (secondary N) is 2. The summed E-state index contributed by atoms with van der Waals surface area (Å²) >= 11 is 0. The van der Waals surface area contributed by atoms with Gasteiger partial charge in [-0.1, -0.05) is 65.8 Å². The number of benzene rings is 3. The van der Waals surface area contributed by atoms with Gasteiger partial charge in [0.15, 0.2) is 0 Å². The van der Waals surface area contributed by atoms with Crippen LogP contribution in [-0.2, 0) is 32.6 Å². The Morgan fingerprint density at radius 1 is 0.768 bits per heavy atom. The summed E-state index contributed by atoms with van der Waals surface area (Å²) in [6.45, 7) is 23.2. The molecule has 0 aromatic heterocycles. The molecular weight excluding hydrogens is 722 g/mol. The van der Waals surface area contributed by atoms with Crippen molar-refractivity contribution in [3.8, 4) is 5.75 Å². The van der Waals surface area contributed by atoms with Crippen molar-refractivity contribution in [1.29, 1.82) is 0 Å². The summed E-state index contributed by atoms with van der Waals surface area (Å²) in [6.07, 6.45) is -2.18. The van der Waals surface area contributed by atoms with Crippen molar-refractivity contribution < 1.29 is 42.2 Å². The average Bonchev–Trinajstić information content (AvgIpc) is 3.01. The van der Waals surface area contributed by atoms with Crippen molar-refractivity contribution in [3.63, 3.8) is 0 Å². The molecule has 304 valence electrons. The minimum absolute atomic E-state index is 0.0312. The van der Waals surface area contributed by atoms with Gasteiger partial charge in [0, 0.05) is 42.9 Å². The van der Waals surface area contributed by atoms with E-state index in [1.807, 2.05) is 32.9 Å². The highest BCUT2D eigenvalue weighted by atomic mass is 19.1. The Balaban J connectivity index is 1.70. The van der Waals surface area contributed by atoms with Gasteiger partial charge in [0.2, 0.25) is 11.9 Å². The van der Waals surface area contributed by atoms with Gasteiger partial charge in [-0.15, -0.1) is 4.99 Å². The number of carbonyl (C=O) groups excluding carboxylic acids is 4. The Bertz CT molecular complexity index is 1890. The van der Waals surface area contributed by atoms with Crippen molar-refractivity contribution in [2.45, 2.75) is 119 Å². The lowest BCUT2D eigenvalue weighted by molar-refractivity contribution is -0.133. The third kappa shape index (κ3) is 15.4. The summed E-state index contributed by atoms with van der Waals surface area (Å²) in [7, 11) is 0. The monoisotopic (exact) mass is 778 g/mol. The summed E-state index contributed by atoms with van der Waals surface area (Å²) in [4.78, 5) is 56.7. The SMILES string of the molecule is CC(C)(C)CN(Cc1cccc(C(C)(C)C)c1)C(=O)CCc1c(F)cc(OC(=O)c2ccc(N/C(=N\C(=O)OC(C)(C)C)NC(=O)OC(C)(C)C)cc2)cc1F. The Morgan fingerprint density at radius 2 is 1.36 bits per heavy atom. The van der Waals surface area contributed by atoms with Crippen LogP contribution >= 0.6 is 0 Å². The number of nitrogens with zero attached hydrogens (tertiary/aromatic N) is 2. The summed E-state index contributed by atoms with van der Waals surface area (Å²) in [5.74, 6) is -3.70. The van der Waals surface area contributed by atoms with E-state index in [1.165, 1.54) is 24.3 Å². The van der Waals surface area contributed by atoms with Crippen LogP contribution in [0.3, 0.4) is 0 Å². The maximum Gasteiger partial charge on any atom is 0.437 e. The average molecular weight is 779 g/mol. The molecule has 0 aliphatic rings. The smallest absolute Gasteiger partial charge is 0.437 e. The molecule has 0 unspecified atom stereocenters. The molecule has 3 rings (SSSR count). The van der Waals surface area contributed by atoms with Gasteiger partial charge in [0.25, 0.3) is 0 Å². The van der Waals surface area contributed by atoms with E-state index in [1.54, 1.807) is 46.4 Å². The first-order valence-corrected chi connectivity index (χ1v) is 18.4. The zero-order valence-corrected chi connectivity index (χ0v) is 34.6. The number of alkyl carbamates (subject to hydrolysis) is 1. The molecule has 13 heteroatoms. The number of hydrogen-bond acceptors (Lipinski definition) is 7. The van der Waals surface area contributed by atoms with Gasteiger partial charge in [-0.2, -0.15) is 0 Å². The molecule has 0 aliphatic heterocycles. The molecule has 0 atom stereocenters. The minimum Gasteiger partial charge on any atom is -0.444 e. The highest BCUT2D eigenvalue weighted by Crippen LogP contribution is 2.27. The van der Waals surface area contributed by atoms with Crippen molar-refractivity contribution >= 4 is 35.7 Å². The second kappa shape index (κ2) is 18.1. The molecular formula is C43H56F2N4O7. The fraction of sp³-hybridized carbons (Fsp3) is 0.465. The van der Waals surface area contributed by atoms with Crippen LogP contribution in [0.15, 0.2) is 65.7 Å². The Morgan fingerprint density at radius 3 is 1.89 bits per heavy atom. The zero-order chi connectivity index (χ0) is 42.2. The van der Waals surface area contributed by atoms with Crippen LogP contribution in [0.4, 0.5) is 24.1 Å². The summed E-state index contributed by atoms with van der Waals surface area (Å²) in [6, 6.07) is 15.5. The van der Waals surface area contributed by atoms with Crippen LogP contribution in [0.2, 0.25) is 0 Å². The molecule has 3 amide bonds. The molecule has 0 radical (unpaired) electrons. The number of guanidine groups is 1. The van der Waals surface area contributed by atoms with Crippen LogP contribution in [0.1, 0.15) is 117 Å². The van der Waals surface area contributed by atoms with Gasteiger partial charge in [-0.05, 0) is 94.2 Å². The highest BCUT2D eigenvalue weighted by molar-refractivity contribution is 6.06. The molecule has 3 aromatic carbocycles. The van der Waals surface area contributed by atoms with Crippen molar-refractivity contribution in [1.82, 2.24) is 10.2 Å². The molecule has 11 nitrogen and oxygen atoms in total. The number of ether oxygens (including phenoxy) is 3. The van der Waals surface area contributed by atoms with Crippen molar-refractivity contribution in [2.75, 3.05) is 11.9 Å². The van der Waals surface area contributed by atoms with Gasteiger partial charge < -0.3 is 24.4 Å². The van der Waals surface area contributed by atoms with Gasteiger partial charge >= 0.3 is 18.2 Å². The van der Waals surface area contributed by atoms with E-state index in [2.05, 4.69) is 48.5 Å². The van der Waals surface area contributed by atoms with E-state index in [9.17, 15) is 19.2 Å². The van der Waals surface area contributed by atoms with E-state index in [4.69, 9.17) is 14.2 Å². The number of halogens is 2. The fourth-order valence-electron chi connectivity index (χ4n) is 5.28. The van der Waals surface area contributed by atoms with Crippen LogP contribution < -0.4 is 15.4 Å². The third-order valence-electron chi connectivity index (χ3n) is 7.70. The standard InChI is InChI=1S/C43H56F2N4O7/c1-40(2,3)26-49(25-27-14-13-15-29(22-27)41(4,5)6)35(50)21-20-32-33(44)23-31(24-34(32)45)54-36(51)28-16-18-30(19-17-28)46-37(47-38(52)55-42(7,8)9)48-39(53)56-43(10,11)12/h13-19,22-24H,20-21,25-26H2,1-12H3,(H2,46,47,48,52,53). The molecule has 0 bridgehead atoms. The highest BCUT2D eigenvalue weighted by Gasteiger charge is 2.25. The predicted octanol–water partition coefficient (Wildman–Crippen LogP) is 9.72. The van der Waals surface area contributed by atoms with Crippen LogP contribution in [0.25, 0.3) is 0 Å². The third-order valence-corrected chi connectivity index (χ3v) is 7.70. The first kappa shape index (κ1) is 45.1. The van der Waals surface area contributed by atoms with E-state index >= 15 is 8.78 Å². The van der Waals surface area contributed by atoms with Gasteiger partial charge in [0.05, 0.1) is 5.56 Å². The normalized spacial score (nSPS) is 12.4. The molecule has 0 spiro atoms. The number of hydrogen-bond donors (Lipinski definition) is 2.